The van der Waals surface area contributed by atoms with Crippen LogP contribution in [0.25, 0.3) is 33.5 Å². The molecule has 3 aromatic heterocycles. The molecule has 5 rings (SSSR count). The van der Waals surface area contributed by atoms with Gasteiger partial charge in [0.1, 0.15) is 23.6 Å². The highest BCUT2D eigenvalue weighted by molar-refractivity contribution is 6.02. The summed E-state index contributed by atoms with van der Waals surface area (Å²) in [6, 6.07) is 16.2. The van der Waals surface area contributed by atoms with Gasteiger partial charge in [0.25, 0.3) is 0 Å². The van der Waals surface area contributed by atoms with Crippen LogP contribution in [-0.2, 0) is 7.05 Å². The van der Waals surface area contributed by atoms with E-state index in [1.807, 2.05) is 60.3 Å². The Hall–Kier alpha value is -3.67. The third-order valence-corrected chi connectivity index (χ3v) is 4.80. The first-order chi connectivity index (χ1) is 13.2. The van der Waals surface area contributed by atoms with Crippen LogP contribution in [0.4, 0.5) is 11.5 Å². The van der Waals surface area contributed by atoms with Crippen LogP contribution in [-0.4, -0.2) is 24.5 Å². The first kappa shape index (κ1) is 15.6. The highest BCUT2D eigenvalue weighted by Crippen LogP contribution is 2.34. The molecule has 0 amide bonds. The minimum Gasteiger partial charge on any atom is -0.339 e. The molecule has 0 atom stereocenters. The van der Waals surface area contributed by atoms with Crippen LogP contribution in [0, 0.1) is 6.92 Å². The van der Waals surface area contributed by atoms with Gasteiger partial charge in [0, 0.05) is 24.5 Å². The molecule has 0 aliphatic carbocycles. The van der Waals surface area contributed by atoms with Crippen LogP contribution in [0.3, 0.4) is 0 Å². The average molecular weight is 354 g/mol. The van der Waals surface area contributed by atoms with E-state index in [-0.39, 0.29) is 0 Å². The van der Waals surface area contributed by atoms with Crippen molar-refractivity contribution in [3.8, 4) is 11.4 Å². The highest BCUT2D eigenvalue weighted by atomic mass is 15.1. The van der Waals surface area contributed by atoms with E-state index in [0.29, 0.717) is 0 Å². The lowest BCUT2D eigenvalue weighted by Gasteiger charge is -2.10. The molecule has 2 aromatic carbocycles. The van der Waals surface area contributed by atoms with Crippen molar-refractivity contribution in [3.63, 3.8) is 0 Å². The summed E-state index contributed by atoms with van der Waals surface area (Å²) < 4.78 is 2.00. The van der Waals surface area contributed by atoms with Gasteiger partial charge >= 0.3 is 0 Å². The van der Waals surface area contributed by atoms with Crippen molar-refractivity contribution in [1.82, 2.24) is 24.5 Å². The van der Waals surface area contributed by atoms with Crippen LogP contribution in [0.5, 0.6) is 0 Å². The number of nitrogens with one attached hydrogen (secondary N) is 2. The number of imidazole rings is 1. The first-order valence-electron chi connectivity index (χ1n) is 8.78. The molecular formula is C21H18N6. The maximum absolute atomic E-state index is 4.76. The molecule has 6 heteroatoms. The maximum Gasteiger partial charge on any atom is 0.145 e. The summed E-state index contributed by atoms with van der Waals surface area (Å²) in [4.78, 5) is 17.2. The van der Waals surface area contributed by atoms with Crippen molar-refractivity contribution in [2.75, 3.05) is 5.32 Å². The van der Waals surface area contributed by atoms with E-state index in [4.69, 9.17) is 4.98 Å². The molecule has 0 aliphatic heterocycles. The Bertz CT molecular complexity index is 1250. The van der Waals surface area contributed by atoms with Crippen LogP contribution in [0.1, 0.15) is 5.56 Å². The fraction of sp³-hybridized carbons (Fsp3) is 0.0952. The number of aromatic nitrogens is 5. The molecule has 2 N–H and O–H groups in total. The van der Waals surface area contributed by atoms with Gasteiger partial charge in [-0.25, -0.2) is 15.0 Å². The monoisotopic (exact) mass is 354 g/mol. The number of para-hydroxylation sites is 3. The third kappa shape index (κ3) is 2.54. The Balaban J connectivity index is 1.72. The number of anilines is 2. The minimum atomic E-state index is 0.769. The van der Waals surface area contributed by atoms with Crippen molar-refractivity contribution in [2.45, 2.75) is 6.92 Å². The number of fused-ring (bicyclic) bond motifs is 2. The largest absolute Gasteiger partial charge is 0.339 e. The lowest BCUT2D eigenvalue weighted by atomic mass is 10.2. The molecule has 0 saturated carbocycles. The minimum absolute atomic E-state index is 0.769. The summed E-state index contributed by atoms with van der Waals surface area (Å²) >= 11 is 0. The summed E-state index contributed by atoms with van der Waals surface area (Å²) in [6.07, 6.45) is 3.63. The van der Waals surface area contributed by atoms with Crippen LogP contribution >= 0.6 is 0 Å². The van der Waals surface area contributed by atoms with Gasteiger partial charge < -0.3 is 14.9 Å². The summed E-state index contributed by atoms with van der Waals surface area (Å²) in [5.41, 5.74) is 5.96. The molecule has 3 heterocycles. The smallest absolute Gasteiger partial charge is 0.145 e. The molecule has 27 heavy (non-hydrogen) atoms. The lowest BCUT2D eigenvalue weighted by Crippen LogP contribution is -1.98. The molecule has 0 saturated heterocycles. The molecular weight excluding hydrogens is 336 g/mol. The van der Waals surface area contributed by atoms with E-state index in [1.54, 1.807) is 6.33 Å². The van der Waals surface area contributed by atoms with E-state index < -0.39 is 0 Å². The van der Waals surface area contributed by atoms with Crippen LogP contribution in [0.2, 0.25) is 0 Å². The summed E-state index contributed by atoms with van der Waals surface area (Å²) in [6.45, 7) is 2.08. The Morgan fingerprint density at radius 2 is 1.81 bits per heavy atom. The number of H-pyrrole nitrogens is 1. The molecule has 0 aliphatic rings. The first-order valence-corrected chi connectivity index (χ1v) is 8.78. The fourth-order valence-electron chi connectivity index (χ4n) is 3.41. The van der Waals surface area contributed by atoms with Gasteiger partial charge in [0.15, 0.2) is 0 Å². The van der Waals surface area contributed by atoms with Gasteiger partial charge in [0.2, 0.25) is 0 Å². The van der Waals surface area contributed by atoms with Crippen molar-refractivity contribution in [3.05, 3.63) is 66.6 Å². The molecule has 6 nitrogen and oxygen atoms in total. The second-order valence-electron chi connectivity index (χ2n) is 6.62. The highest BCUT2D eigenvalue weighted by Gasteiger charge is 2.18. The number of aromatic amines is 1. The van der Waals surface area contributed by atoms with Crippen molar-refractivity contribution < 1.29 is 0 Å². The second-order valence-corrected chi connectivity index (χ2v) is 6.62. The Morgan fingerprint density at radius 1 is 1.00 bits per heavy atom. The van der Waals surface area contributed by atoms with E-state index in [0.717, 1.165) is 50.5 Å². The number of hydrogen-bond donors (Lipinski definition) is 2. The number of rotatable bonds is 3. The van der Waals surface area contributed by atoms with Gasteiger partial charge in [0.05, 0.1) is 16.4 Å². The van der Waals surface area contributed by atoms with E-state index in [2.05, 4.69) is 33.3 Å². The Labute approximate surface area is 155 Å². The Kier molecular flexibility index (Phi) is 3.43. The zero-order chi connectivity index (χ0) is 18.4. The maximum atomic E-state index is 4.76. The standard InChI is InChI=1S/C21H18N6/c1-13-7-3-4-8-15(13)24-20-18-14(11-27(2)21(18)23-12-22-20)19-25-16-9-5-6-10-17(16)26-19/h3-12H,1-2H3,(H,25,26)(H,22,23,24). The van der Waals surface area contributed by atoms with Gasteiger partial charge in [-0.05, 0) is 30.7 Å². The van der Waals surface area contributed by atoms with Crippen LogP contribution in [0.15, 0.2) is 61.1 Å². The number of aryl methyl sites for hydroxylation is 2. The third-order valence-electron chi connectivity index (χ3n) is 4.80. The fourth-order valence-corrected chi connectivity index (χ4v) is 3.41. The predicted octanol–water partition coefficient (Wildman–Crippen LogP) is 4.56. The quantitative estimate of drug-likeness (QED) is 0.498. The molecule has 0 fully saturated rings. The lowest BCUT2D eigenvalue weighted by molar-refractivity contribution is 0.944. The topological polar surface area (TPSA) is 71.4 Å². The molecule has 0 bridgehead atoms. The number of benzene rings is 2. The van der Waals surface area contributed by atoms with Gasteiger partial charge in [-0.3, -0.25) is 0 Å². The van der Waals surface area contributed by atoms with E-state index in [9.17, 15) is 0 Å². The molecule has 5 aromatic rings. The summed E-state index contributed by atoms with van der Waals surface area (Å²) in [5.74, 6) is 1.58. The number of nitrogens with zero attached hydrogens (tertiary/aromatic N) is 4. The van der Waals surface area contributed by atoms with Crippen molar-refractivity contribution in [1.29, 1.82) is 0 Å². The zero-order valence-electron chi connectivity index (χ0n) is 15.1. The average Bonchev–Trinajstić information content (AvgIpc) is 3.25. The van der Waals surface area contributed by atoms with Gasteiger partial charge in [-0.2, -0.15) is 0 Å². The van der Waals surface area contributed by atoms with Gasteiger partial charge in [-0.1, -0.05) is 30.3 Å². The SMILES string of the molecule is Cc1ccccc1Nc1ncnc2c1c(-c1nc3ccccc3[nH]1)cn2C. The summed E-state index contributed by atoms with van der Waals surface area (Å²) in [7, 11) is 1.99. The Morgan fingerprint density at radius 3 is 2.67 bits per heavy atom. The summed E-state index contributed by atoms with van der Waals surface area (Å²) in [5, 5.41) is 4.41. The normalized spacial score (nSPS) is 11.3. The molecule has 132 valence electrons. The molecule has 0 spiro atoms. The van der Waals surface area contributed by atoms with Crippen LogP contribution < -0.4 is 5.32 Å². The zero-order valence-corrected chi connectivity index (χ0v) is 15.1. The molecule has 0 unspecified atom stereocenters. The van der Waals surface area contributed by atoms with Crippen molar-refractivity contribution in [2.24, 2.45) is 7.05 Å². The van der Waals surface area contributed by atoms with E-state index >= 15 is 0 Å². The van der Waals surface area contributed by atoms with E-state index in [1.165, 1.54) is 0 Å². The van der Waals surface area contributed by atoms with Crippen molar-refractivity contribution >= 4 is 33.6 Å². The molecule has 0 radical (unpaired) electrons. The second kappa shape index (κ2) is 5.95. The van der Waals surface area contributed by atoms with Gasteiger partial charge in [-0.15, -0.1) is 0 Å². The predicted molar refractivity (Wildman–Crippen MR) is 108 cm³/mol. The number of hydrogen-bond acceptors (Lipinski definition) is 4.